The van der Waals surface area contributed by atoms with Gasteiger partial charge in [-0.1, -0.05) is 151 Å². The number of rotatable bonds is 14. The second-order valence-corrected chi connectivity index (χ2v) is 30.0. The molecule has 6 fully saturated rings. The van der Waals surface area contributed by atoms with Gasteiger partial charge in [0, 0.05) is 152 Å². The minimum absolute atomic E-state index is 0. The van der Waals surface area contributed by atoms with Crippen molar-refractivity contribution in [2.75, 3.05) is 154 Å². The summed E-state index contributed by atoms with van der Waals surface area (Å²) in [6, 6.07) is 42.2. The average molecular weight is 1740 g/mol. The van der Waals surface area contributed by atoms with Crippen molar-refractivity contribution in [3.8, 4) is 12.1 Å². The average Bonchev–Trinajstić information content (AvgIpc) is 1.49. The molecule has 0 amide bonds. The van der Waals surface area contributed by atoms with E-state index >= 15 is 0 Å². The molecule has 6 aliphatic heterocycles. The summed E-state index contributed by atoms with van der Waals surface area (Å²) in [5, 5.41) is 36.3. The fourth-order valence-electron chi connectivity index (χ4n) is 12.3. The number of nitrogens with zero attached hydrogens (tertiary/aromatic N) is 7. The summed E-state index contributed by atoms with van der Waals surface area (Å²) in [7, 11) is 4.29. The number of nitrogens with two attached hydrogens (primary N) is 1. The number of halogens is 8. The first-order valence-electron chi connectivity index (χ1n) is 33.2. The van der Waals surface area contributed by atoms with E-state index in [-0.39, 0.29) is 105 Å². The van der Waals surface area contributed by atoms with Crippen LogP contribution in [0.2, 0.25) is 25.1 Å². The predicted molar refractivity (Wildman–Crippen MR) is 421 cm³/mol. The third-order valence-corrected chi connectivity index (χ3v) is 21.6. The molecule has 552 valence electrons. The Labute approximate surface area is 731 Å². The zero-order chi connectivity index (χ0) is 72.4. The van der Waals surface area contributed by atoms with Gasteiger partial charge < -0.3 is 61.0 Å². The number of carbonyl (C=O) groups excluding carboxylic acids is 1. The van der Waals surface area contributed by atoms with Gasteiger partial charge in [-0.25, -0.2) is 4.98 Å². The maximum absolute atomic E-state index is 12.2. The smallest absolute Gasteiger partial charge is 1.00 e. The summed E-state index contributed by atoms with van der Waals surface area (Å²) >= 11 is 48.6. The van der Waals surface area contributed by atoms with Crippen LogP contribution in [0.4, 0.5) is 5.13 Å². The van der Waals surface area contributed by atoms with Crippen molar-refractivity contribution in [2.45, 2.75) is 79.4 Å². The minimum atomic E-state index is -0.830. The largest absolute Gasteiger partial charge is 1.00 e. The van der Waals surface area contributed by atoms with E-state index in [2.05, 4.69) is 90.3 Å². The van der Waals surface area contributed by atoms with E-state index in [1.165, 1.54) is 11.3 Å². The van der Waals surface area contributed by atoms with Crippen LogP contribution < -0.4 is 91.6 Å². The van der Waals surface area contributed by atoms with E-state index in [1.54, 1.807) is 41.7 Å². The zero-order valence-corrected chi connectivity index (χ0v) is 73.6. The van der Waals surface area contributed by atoms with Crippen molar-refractivity contribution in [1.82, 2.24) is 19.7 Å². The van der Waals surface area contributed by atoms with E-state index < -0.39 is 22.2 Å². The molecule has 7 heterocycles. The van der Waals surface area contributed by atoms with E-state index in [0.29, 0.717) is 96.9 Å². The van der Waals surface area contributed by atoms with Crippen molar-refractivity contribution in [3.63, 3.8) is 0 Å². The normalized spacial score (nSPS) is 17.7. The van der Waals surface area contributed by atoms with Crippen LogP contribution in [-0.2, 0) is 61.4 Å². The number of hydrogen-bond donors (Lipinski definition) is 2. The van der Waals surface area contributed by atoms with Gasteiger partial charge in [0.15, 0.2) is 16.0 Å². The molecule has 4 N–H and O–H groups in total. The number of piperazine rings is 2. The van der Waals surface area contributed by atoms with Crippen molar-refractivity contribution >= 4 is 147 Å². The van der Waals surface area contributed by atoms with Crippen molar-refractivity contribution < 1.29 is 126 Å². The summed E-state index contributed by atoms with van der Waals surface area (Å²) in [6.07, 6.45) is 6.22. The number of carbonyl (C=O) groups is 2. The summed E-state index contributed by atoms with van der Waals surface area (Å²) in [5.74, 6) is -0.699. The Morgan fingerprint density at radius 2 is 1.02 bits per heavy atom. The van der Waals surface area contributed by atoms with Crippen LogP contribution in [0.3, 0.4) is 0 Å². The van der Waals surface area contributed by atoms with Crippen molar-refractivity contribution in [2.24, 2.45) is 5.73 Å². The first-order chi connectivity index (χ1) is 48.2. The number of benzene rings is 5. The number of ether oxygens (including phenoxy) is 5. The van der Waals surface area contributed by atoms with Gasteiger partial charge >= 0.3 is 86.9 Å². The number of likely N-dealkylation sites (N-methyl/N-ethyl adjacent to an activating group) is 2. The van der Waals surface area contributed by atoms with Gasteiger partial charge in [-0.3, -0.25) is 9.59 Å². The van der Waals surface area contributed by atoms with Gasteiger partial charge in [0.05, 0.1) is 59.6 Å². The Balaban J connectivity index is 0.000000423. The number of thiocarbonyl (C=S) groups is 1. The number of aromatic nitrogens is 1. The molecule has 0 spiro atoms. The number of ketones is 1. The zero-order valence-electron chi connectivity index (χ0n) is 60.1. The molecule has 6 aromatic rings. The molecule has 0 bridgehead atoms. The van der Waals surface area contributed by atoms with Gasteiger partial charge in [-0.2, -0.15) is 10.5 Å². The van der Waals surface area contributed by atoms with E-state index in [4.69, 9.17) is 121 Å². The molecular formula is C74H92Br2Cl6KN8NaO9S2. The standard InChI is InChI=1S/C19H24ClN3OS.C13H14Cl2O2.C12H12ClNO.C12H13ClO3.C8H6ClN.C6H13N3S.C4H8Br2O.K.Na.H2O.H/c1-22-7-9-23(10-8-22)18-21-17(14-25-18)19(5-11-24-12-6-19)15-3-2-4-16(20)13-15;14-9-12(16)13(4-6-17-7-5-13)10-2-1-3-11(15)8-10;13-11-3-1-2-10(8-11)12(9-14)4-6-15-7-5-12;13-10-3-1-2-9(8-10)12(11(14)15)4-6-16-7-5-12;9-8-3-1-2-7(6-8)4-5-10;1-8-2-4-9(5-3-8)6(7)10;5-1-3-7-4-2-6;;;;/h2-4,13-14H,5-12H2,1H3;1-3,8H,4-7,9H2;1-3,8H,4-7H2;1-3,8H,4-7H2,(H,14,15);1-3,6H,4H2;2-5H2,1H3,(H2,7,10);1-4H2;;;1H2;/q;;;;;;;2*+1;;-1/p-1. The maximum atomic E-state index is 12.2. The van der Waals surface area contributed by atoms with Crippen LogP contribution in [0, 0.1) is 22.7 Å². The Bertz CT molecular complexity index is 3580. The number of thiazole rings is 1. The van der Waals surface area contributed by atoms with Gasteiger partial charge in [0.25, 0.3) is 0 Å². The first-order valence-corrected chi connectivity index (χ1v) is 39.2. The number of anilines is 1. The molecule has 17 nitrogen and oxygen atoms in total. The molecule has 29 heteroatoms. The van der Waals surface area contributed by atoms with Crippen LogP contribution in [-0.4, -0.2) is 196 Å². The third kappa shape index (κ3) is 30.2. The summed E-state index contributed by atoms with van der Waals surface area (Å²) in [5.41, 5.74) is 9.79. The number of carboxylic acid groups (broad SMARTS) is 1. The predicted octanol–water partition coefficient (Wildman–Crippen LogP) is 9.85. The summed E-state index contributed by atoms with van der Waals surface area (Å²) < 4.78 is 26.6. The molecule has 6 saturated heterocycles. The van der Waals surface area contributed by atoms with Gasteiger partial charge in [0.2, 0.25) is 0 Å². The number of aliphatic carboxylic acids is 1. The van der Waals surface area contributed by atoms with E-state index in [0.717, 1.165) is 148 Å². The van der Waals surface area contributed by atoms with Crippen LogP contribution in [0.15, 0.2) is 127 Å². The summed E-state index contributed by atoms with van der Waals surface area (Å²) in [6.45, 7) is 15.0. The Hall–Kier alpha value is -1.64. The van der Waals surface area contributed by atoms with Gasteiger partial charge in [-0.05, 0) is 166 Å². The molecule has 0 atom stereocenters. The molecule has 0 saturated carbocycles. The maximum Gasteiger partial charge on any atom is 1.00 e. The molecule has 6 aliphatic rings. The number of Topliss-reactive ketones (excluding diaryl/α,β-unsaturated/α-hetero) is 1. The molecular weight excluding hydrogens is 1640 g/mol. The fourth-order valence-corrected chi connectivity index (χ4v) is 15.1. The number of carboxylic acids is 1. The van der Waals surface area contributed by atoms with Gasteiger partial charge in [-0.15, -0.1) is 22.9 Å². The van der Waals surface area contributed by atoms with Crippen LogP contribution in [0.25, 0.3) is 0 Å². The number of nitriles is 2. The fraction of sp³-hybridized carbons (Fsp3) is 0.486. The molecule has 1 aromatic heterocycles. The second-order valence-electron chi connectivity index (χ2n) is 24.7. The molecule has 0 radical (unpaired) electrons. The molecule has 5 aromatic carbocycles. The van der Waals surface area contributed by atoms with Crippen molar-refractivity contribution in [1.29, 1.82) is 10.5 Å². The topological polar surface area (TPSA) is 230 Å². The SMILES string of the molecule is BrCCOCCBr.CN1CCN(C(N)=S)CC1.CN1CCN(c2nc(C3(c4cccc(Cl)c4)CCOCC3)cs2)CC1.N#CC1(c2cccc(Cl)c2)CCOCC1.N#CCc1cccc(Cl)c1.O=C(CCl)C1(c2cccc(Cl)c2)CCOCC1.O=C(O)C1(c2cccc(Cl)c2)CCOCC1.[H-].[K+].[Na+].[OH-]. The third-order valence-electron chi connectivity index (χ3n) is 18.4. The molecule has 0 aliphatic carbocycles. The minimum Gasteiger partial charge on any atom is -1.00 e. The quantitative estimate of drug-likeness (QED) is 0.0447. The molecule has 12 rings (SSSR count). The molecule has 103 heavy (non-hydrogen) atoms. The van der Waals surface area contributed by atoms with Crippen LogP contribution in [0.1, 0.15) is 86.3 Å². The summed E-state index contributed by atoms with van der Waals surface area (Å²) in [4.78, 5) is 37.8. The molecule has 0 unspecified atom stereocenters. The second kappa shape index (κ2) is 51.0. The van der Waals surface area contributed by atoms with Gasteiger partial charge in [0.1, 0.15) is 0 Å². The van der Waals surface area contributed by atoms with Crippen molar-refractivity contribution in [3.05, 3.63) is 185 Å². The Morgan fingerprint density at radius 3 is 1.45 bits per heavy atom. The van der Waals surface area contributed by atoms with Crippen LogP contribution >= 0.6 is 125 Å². The number of hydrogen-bond acceptors (Lipinski definition) is 16. The first kappa shape index (κ1) is 95.6. The van der Waals surface area contributed by atoms with Crippen LogP contribution in [0.5, 0.6) is 0 Å². The van der Waals surface area contributed by atoms with E-state index in [1.807, 2.05) is 83.8 Å². The Morgan fingerprint density at radius 1 is 0.621 bits per heavy atom. The number of alkyl halides is 3. The van der Waals surface area contributed by atoms with E-state index in [9.17, 15) is 20.0 Å². The Kier molecular flexibility index (Phi) is 47.3. The monoisotopic (exact) mass is 1730 g/mol.